The highest BCUT2D eigenvalue weighted by atomic mass is 16.7. The van der Waals surface area contributed by atoms with Gasteiger partial charge in [0.05, 0.1) is 24.4 Å². The van der Waals surface area contributed by atoms with Gasteiger partial charge >= 0.3 is 0 Å². The summed E-state index contributed by atoms with van der Waals surface area (Å²) in [6.45, 7) is 5.56. The molecule has 2 N–H and O–H groups in total. The number of Topliss-reactive ketones (excluding diaryl/α,β-unsaturated/α-hetero) is 1. The zero-order valence-electron chi connectivity index (χ0n) is 24.0. The molecular formula is C33H36N4O4. The first kappa shape index (κ1) is 28.3. The number of nitrogens with zero attached hydrogens (tertiary/aromatic N) is 2. The number of anilines is 2. The van der Waals surface area contributed by atoms with Gasteiger partial charge in [-0.15, -0.1) is 0 Å². The first-order chi connectivity index (χ1) is 19.8. The van der Waals surface area contributed by atoms with Crippen molar-refractivity contribution < 1.29 is 19.2 Å². The molecule has 0 radical (unpaired) electrons. The van der Waals surface area contributed by atoms with Gasteiger partial charge in [0.1, 0.15) is 0 Å². The Morgan fingerprint density at radius 2 is 1.71 bits per heavy atom. The third kappa shape index (κ3) is 5.80. The molecule has 0 saturated carbocycles. The number of likely N-dealkylation sites (tertiary alicyclic amines) is 1. The lowest BCUT2D eigenvalue weighted by Gasteiger charge is -2.35. The lowest BCUT2D eigenvalue weighted by atomic mass is 9.94. The molecule has 2 aliphatic rings. The van der Waals surface area contributed by atoms with E-state index in [4.69, 9.17) is 4.84 Å². The van der Waals surface area contributed by atoms with Crippen molar-refractivity contribution in [2.75, 3.05) is 37.9 Å². The molecule has 41 heavy (non-hydrogen) atoms. The Morgan fingerprint density at radius 3 is 2.34 bits per heavy atom. The van der Waals surface area contributed by atoms with Crippen LogP contribution < -0.4 is 10.6 Å². The van der Waals surface area contributed by atoms with Crippen LogP contribution in [0.1, 0.15) is 63.6 Å². The van der Waals surface area contributed by atoms with E-state index in [9.17, 15) is 14.4 Å². The molecule has 212 valence electrons. The van der Waals surface area contributed by atoms with Crippen LogP contribution in [0.4, 0.5) is 11.4 Å². The normalized spacial score (nSPS) is 16.6. The number of benzene rings is 3. The number of rotatable bonds is 8. The van der Waals surface area contributed by atoms with E-state index >= 15 is 0 Å². The van der Waals surface area contributed by atoms with Crippen molar-refractivity contribution in [3.05, 3.63) is 94.5 Å². The van der Waals surface area contributed by atoms with Gasteiger partial charge in [0.25, 0.3) is 11.8 Å². The van der Waals surface area contributed by atoms with E-state index < -0.39 is 0 Å². The molecule has 3 aromatic rings. The van der Waals surface area contributed by atoms with Gasteiger partial charge in [-0.2, -0.15) is 0 Å². The summed E-state index contributed by atoms with van der Waals surface area (Å²) >= 11 is 0. The maximum Gasteiger partial charge on any atom is 0.277 e. The van der Waals surface area contributed by atoms with Gasteiger partial charge in [0.15, 0.2) is 5.78 Å². The molecule has 1 saturated heterocycles. The lowest BCUT2D eigenvalue weighted by Crippen LogP contribution is -2.46. The summed E-state index contributed by atoms with van der Waals surface area (Å²) < 4.78 is 0. The second kappa shape index (κ2) is 12.1. The minimum atomic E-state index is -0.243. The molecule has 0 unspecified atom stereocenters. The zero-order chi connectivity index (χ0) is 29.1. The highest BCUT2D eigenvalue weighted by Gasteiger charge is 2.31. The smallest absolute Gasteiger partial charge is 0.277 e. The van der Waals surface area contributed by atoms with E-state index in [-0.39, 0.29) is 23.6 Å². The van der Waals surface area contributed by atoms with Crippen LogP contribution in [0, 0.1) is 6.92 Å². The third-order valence-electron chi connectivity index (χ3n) is 7.86. The molecule has 0 aromatic heterocycles. The molecule has 5 rings (SSSR count). The minimum Gasteiger partial charge on any atom is -0.354 e. The molecular weight excluding hydrogens is 516 g/mol. The van der Waals surface area contributed by atoms with Crippen molar-refractivity contribution in [2.24, 2.45) is 0 Å². The number of ketones is 1. The summed E-state index contributed by atoms with van der Waals surface area (Å²) in [5, 5.41) is 7.89. The molecule has 8 nitrogen and oxygen atoms in total. The fourth-order valence-electron chi connectivity index (χ4n) is 5.54. The van der Waals surface area contributed by atoms with E-state index in [1.54, 1.807) is 18.2 Å². The highest BCUT2D eigenvalue weighted by Crippen LogP contribution is 2.39. The molecule has 0 atom stereocenters. The number of carbonyl (C=O) groups is 3. The molecule has 0 spiro atoms. The molecule has 8 heteroatoms. The average molecular weight is 553 g/mol. The van der Waals surface area contributed by atoms with E-state index in [0.29, 0.717) is 34.5 Å². The van der Waals surface area contributed by atoms with Crippen molar-refractivity contribution in [2.45, 2.75) is 39.2 Å². The van der Waals surface area contributed by atoms with Crippen molar-refractivity contribution >= 4 is 40.2 Å². The van der Waals surface area contributed by atoms with Crippen LogP contribution >= 0.6 is 0 Å². The Morgan fingerprint density at radius 1 is 1.02 bits per heavy atom. The monoisotopic (exact) mass is 552 g/mol. The van der Waals surface area contributed by atoms with Crippen molar-refractivity contribution in [3.63, 3.8) is 0 Å². The Hall–Kier alpha value is -4.27. The van der Waals surface area contributed by atoms with E-state index in [1.807, 2.05) is 62.4 Å². The number of amides is 2. The quantitative estimate of drug-likeness (QED) is 0.214. The van der Waals surface area contributed by atoms with Gasteiger partial charge in [-0.25, -0.2) is 5.06 Å². The summed E-state index contributed by atoms with van der Waals surface area (Å²) in [6.07, 6.45) is 2.12. The average Bonchev–Trinajstić information content (AvgIpc) is 3.31. The highest BCUT2D eigenvalue weighted by molar-refractivity contribution is 6.37. The predicted molar refractivity (Wildman–Crippen MR) is 161 cm³/mol. The number of hydroxylamine groups is 2. The number of hydrogen-bond donors (Lipinski definition) is 2. The summed E-state index contributed by atoms with van der Waals surface area (Å²) in [4.78, 5) is 46.9. The first-order valence-corrected chi connectivity index (χ1v) is 14.0. The summed E-state index contributed by atoms with van der Waals surface area (Å²) in [6, 6.07) is 20.6. The largest absolute Gasteiger partial charge is 0.354 e. The van der Waals surface area contributed by atoms with E-state index in [2.05, 4.69) is 22.6 Å². The van der Waals surface area contributed by atoms with Crippen LogP contribution in [0.25, 0.3) is 11.3 Å². The number of fused-ring (bicyclic) bond motifs is 1. The lowest BCUT2D eigenvalue weighted by molar-refractivity contribution is -0.132. The fourth-order valence-corrected chi connectivity index (χ4v) is 5.54. The van der Waals surface area contributed by atoms with Gasteiger partial charge in [0.2, 0.25) is 0 Å². The van der Waals surface area contributed by atoms with Gasteiger partial charge in [-0.05, 0) is 87.4 Å². The second-order valence-corrected chi connectivity index (χ2v) is 10.6. The standard InChI is InChI=1S/C33H36N4O4/c1-5-29(38)26-20-28-27(19-21(26)2)30(32(39)35-28)31(22-9-7-6-8-10-22)34-24-13-11-23(12-14-24)33(40)37(41-4)25-15-17-36(3)18-16-25/h6-14,19-20,25,34H,5,15-18H2,1-4H3,(H,35,39)/b31-30-. The van der Waals surface area contributed by atoms with Crippen LogP contribution in [0.3, 0.4) is 0 Å². The molecule has 1 fully saturated rings. The summed E-state index contributed by atoms with van der Waals surface area (Å²) in [5.41, 5.74) is 6.04. The number of nitrogens with one attached hydrogen (secondary N) is 2. The van der Waals surface area contributed by atoms with Crippen LogP contribution in [-0.2, 0) is 9.63 Å². The molecule has 0 bridgehead atoms. The van der Waals surface area contributed by atoms with Gasteiger partial charge in [-0.3, -0.25) is 19.2 Å². The SMILES string of the molecule is CCC(=O)c1cc2c(cc1C)/C(=C(/Nc1ccc(C(=O)N(OC)C3CCN(C)CC3)cc1)c1ccccc1)C(=O)N2. The topological polar surface area (TPSA) is 91.0 Å². The maximum absolute atomic E-state index is 13.4. The molecule has 3 aromatic carbocycles. The van der Waals surface area contributed by atoms with Crippen molar-refractivity contribution in [3.8, 4) is 0 Å². The van der Waals surface area contributed by atoms with Crippen LogP contribution in [0.15, 0.2) is 66.7 Å². The molecule has 2 heterocycles. The van der Waals surface area contributed by atoms with Crippen LogP contribution in [0.5, 0.6) is 0 Å². The number of aryl methyl sites for hydroxylation is 1. The number of hydrogen-bond acceptors (Lipinski definition) is 6. The zero-order valence-corrected chi connectivity index (χ0v) is 24.0. The van der Waals surface area contributed by atoms with Crippen molar-refractivity contribution in [1.82, 2.24) is 9.96 Å². The first-order valence-electron chi connectivity index (χ1n) is 14.0. The molecule has 2 aliphatic heterocycles. The van der Waals surface area contributed by atoms with Crippen LogP contribution in [0.2, 0.25) is 0 Å². The van der Waals surface area contributed by atoms with Crippen LogP contribution in [-0.4, -0.2) is 60.8 Å². The Kier molecular flexibility index (Phi) is 8.33. The minimum absolute atomic E-state index is 0.0356. The Bertz CT molecular complexity index is 1490. The Balaban J connectivity index is 1.47. The molecule has 0 aliphatic carbocycles. The Labute approximate surface area is 240 Å². The van der Waals surface area contributed by atoms with Gasteiger partial charge in [0, 0.05) is 34.5 Å². The fraction of sp³-hybridized carbons (Fsp3) is 0.303. The summed E-state index contributed by atoms with van der Waals surface area (Å²) in [7, 11) is 3.62. The van der Waals surface area contributed by atoms with E-state index in [1.165, 1.54) is 12.2 Å². The van der Waals surface area contributed by atoms with Crippen molar-refractivity contribution in [1.29, 1.82) is 0 Å². The third-order valence-corrected chi connectivity index (χ3v) is 7.86. The number of piperidine rings is 1. The van der Waals surface area contributed by atoms with E-state index in [0.717, 1.165) is 48.3 Å². The number of carbonyl (C=O) groups excluding carboxylic acids is 3. The predicted octanol–water partition coefficient (Wildman–Crippen LogP) is 5.62. The maximum atomic E-state index is 13.4. The molecule has 2 amide bonds. The second-order valence-electron chi connectivity index (χ2n) is 10.6. The van der Waals surface area contributed by atoms with Gasteiger partial charge in [-0.1, -0.05) is 37.3 Å². The van der Waals surface area contributed by atoms with Gasteiger partial charge < -0.3 is 15.5 Å². The summed E-state index contributed by atoms with van der Waals surface area (Å²) in [5.74, 6) is -0.379.